The summed E-state index contributed by atoms with van der Waals surface area (Å²) in [7, 11) is -4.04. The minimum Gasteiger partial charge on any atom is -0.480 e. The van der Waals surface area contributed by atoms with E-state index in [4.69, 9.17) is 5.11 Å². The van der Waals surface area contributed by atoms with E-state index in [9.17, 15) is 31.2 Å². The van der Waals surface area contributed by atoms with Crippen molar-refractivity contribution < 1.29 is 41.0 Å². The molecule has 7 nitrogen and oxygen atoms in total. The van der Waals surface area contributed by atoms with Gasteiger partial charge in [0.25, 0.3) is 0 Å². The van der Waals surface area contributed by atoms with E-state index in [1.807, 2.05) is 0 Å². The van der Waals surface area contributed by atoms with Crippen molar-refractivity contribution in [3.63, 3.8) is 0 Å². The van der Waals surface area contributed by atoms with E-state index in [1.54, 1.807) is 0 Å². The number of sulfonamides is 1. The van der Waals surface area contributed by atoms with E-state index >= 15 is 0 Å². The van der Waals surface area contributed by atoms with Gasteiger partial charge in [-0.05, 0) is 13.8 Å². The molecule has 0 aromatic carbocycles. The number of hydrogen-bond donors (Lipinski definition) is 2. The Kier molecular flexibility index (Phi) is 4.95. The van der Waals surface area contributed by atoms with E-state index in [-0.39, 0.29) is 6.92 Å². The summed E-state index contributed by atoms with van der Waals surface area (Å²) in [5, 5.41) is 6.56. The van der Waals surface area contributed by atoms with E-state index in [1.165, 1.54) is 0 Å². The van der Waals surface area contributed by atoms with Crippen molar-refractivity contribution in [2.75, 3.05) is 7.11 Å². The molecule has 0 aromatic heterocycles. The van der Waals surface area contributed by atoms with E-state index in [0.717, 1.165) is 18.8 Å². The number of rotatable bonds is 5. The highest BCUT2D eigenvalue weighted by molar-refractivity contribution is 7.90. The number of ether oxygens (including phenoxy) is 1. The molecule has 2 unspecified atom stereocenters. The first-order valence-corrected chi connectivity index (χ1v) is 6.25. The highest BCUT2D eigenvalue weighted by Crippen LogP contribution is 2.31. The summed E-state index contributed by atoms with van der Waals surface area (Å²) in [6, 6.07) is 0. The third kappa shape index (κ3) is 3.56. The number of aliphatic carboxylic acids is 1. The molecule has 0 heterocycles. The minimum absolute atomic E-state index is 0.136. The zero-order chi connectivity index (χ0) is 15.6. The van der Waals surface area contributed by atoms with Gasteiger partial charge in [0.15, 0.2) is 5.25 Å². The van der Waals surface area contributed by atoms with Gasteiger partial charge in [-0.25, -0.2) is 13.2 Å². The minimum atomic E-state index is -5.39. The molecule has 0 saturated carbocycles. The summed E-state index contributed by atoms with van der Waals surface area (Å²) in [6.45, 7) is 0.906. The maximum Gasteiger partial charge on any atom is 0.418 e. The highest BCUT2D eigenvalue weighted by Gasteiger charge is 2.60. The molecule has 0 fully saturated rings. The molecule has 0 amide bonds. The lowest BCUT2D eigenvalue weighted by molar-refractivity contribution is -0.201. The summed E-state index contributed by atoms with van der Waals surface area (Å²) in [6.07, 6.45) is -5.39. The molecule has 0 rings (SSSR count). The van der Waals surface area contributed by atoms with Gasteiger partial charge in [-0.1, -0.05) is 0 Å². The van der Waals surface area contributed by atoms with Crippen molar-refractivity contribution in [1.29, 1.82) is 0 Å². The molecule has 0 aromatic rings. The maximum absolute atomic E-state index is 12.6. The number of carbonyl (C=O) groups is 2. The maximum atomic E-state index is 12.6. The largest absolute Gasteiger partial charge is 0.480 e. The van der Waals surface area contributed by atoms with Crippen LogP contribution in [0.4, 0.5) is 13.2 Å². The highest BCUT2D eigenvalue weighted by atomic mass is 32.2. The normalized spacial score (nSPS) is 17.4. The molecule has 2 N–H and O–H groups in total. The van der Waals surface area contributed by atoms with Gasteiger partial charge in [-0.3, -0.25) is 4.79 Å². The fraction of sp³-hybridized carbons (Fsp3) is 0.750. The monoisotopic (exact) mass is 307 g/mol. The van der Waals surface area contributed by atoms with Gasteiger partial charge in [0, 0.05) is 0 Å². The number of esters is 1. The second-order valence-electron chi connectivity index (χ2n) is 3.74. The molecular weight excluding hydrogens is 295 g/mol. The summed E-state index contributed by atoms with van der Waals surface area (Å²) >= 11 is 0. The van der Waals surface area contributed by atoms with E-state index in [0.29, 0.717) is 0 Å². The predicted molar refractivity (Wildman–Crippen MR) is 55.6 cm³/mol. The first kappa shape index (κ1) is 17.6. The SMILES string of the molecule is COC(=O)C(C)S(=O)(=O)NC(C)(C(=O)O)C(F)(F)F. The Bertz CT molecular complexity index is 473. The number of halogens is 3. The van der Waals surface area contributed by atoms with Gasteiger partial charge >= 0.3 is 18.1 Å². The van der Waals surface area contributed by atoms with Gasteiger partial charge in [0.1, 0.15) is 0 Å². The van der Waals surface area contributed by atoms with E-state index in [2.05, 4.69) is 4.74 Å². The van der Waals surface area contributed by atoms with Crippen molar-refractivity contribution in [2.24, 2.45) is 0 Å². The molecule has 0 bridgehead atoms. The van der Waals surface area contributed by atoms with Crippen LogP contribution in [-0.4, -0.2) is 49.5 Å². The third-order valence-electron chi connectivity index (χ3n) is 2.34. The number of hydrogen-bond acceptors (Lipinski definition) is 5. The second kappa shape index (κ2) is 5.33. The van der Waals surface area contributed by atoms with Crippen LogP contribution in [0.15, 0.2) is 0 Å². The lowest BCUT2D eigenvalue weighted by Crippen LogP contribution is -2.63. The van der Waals surface area contributed by atoms with Crippen LogP contribution in [0.3, 0.4) is 0 Å². The van der Waals surface area contributed by atoms with Gasteiger partial charge in [-0.2, -0.15) is 17.9 Å². The average molecular weight is 307 g/mol. The number of carboxylic acids is 1. The Labute approximate surface area is 106 Å². The summed E-state index contributed by atoms with van der Waals surface area (Å²) < 4.78 is 65.9. The molecule has 0 spiro atoms. The summed E-state index contributed by atoms with van der Waals surface area (Å²) in [5.74, 6) is -3.76. The van der Waals surface area contributed by atoms with Gasteiger partial charge in [0.2, 0.25) is 15.6 Å². The smallest absolute Gasteiger partial charge is 0.418 e. The number of methoxy groups -OCH3 is 1. The fourth-order valence-corrected chi connectivity index (χ4v) is 2.19. The molecular formula is C8H12F3NO6S. The second-order valence-corrected chi connectivity index (χ2v) is 5.74. The number of alkyl halides is 3. The van der Waals surface area contributed by atoms with Crippen molar-refractivity contribution in [2.45, 2.75) is 30.8 Å². The Morgan fingerprint density at radius 3 is 2.00 bits per heavy atom. The first-order chi connectivity index (χ1) is 8.29. The van der Waals surface area contributed by atoms with Crippen molar-refractivity contribution in [1.82, 2.24) is 4.72 Å². The Morgan fingerprint density at radius 2 is 1.74 bits per heavy atom. The van der Waals surface area contributed by atoms with Crippen molar-refractivity contribution >= 4 is 22.0 Å². The zero-order valence-corrected chi connectivity index (χ0v) is 10.9. The van der Waals surface area contributed by atoms with Crippen molar-refractivity contribution in [3.8, 4) is 0 Å². The molecule has 0 aliphatic rings. The van der Waals surface area contributed by atoms with Gasteiger partial charge in [-0.15, -0.1) is 0 Å². The van der Waals surface area contributed by atoms with Crippen LogP contribution in [0.5, 0.6) is 0 Å². The number of carbonyl (C=O) groups excluding carboxylic acids is 1. The van der Waals surface area contributed by atoms with Crippen LogP contribution in [0.1, 0.15) is 13.8 Å². The number of nitrogens with one attached hydrogen (secondary N) is 1. The van der Waals surface area contributed by atoms with Gasteiger partial charge < -0.3 is 9.84 Å². The standard InChI is InChI=1S/C8H12F3NO6S/c1-4(5(13)18-3)19(16,17)12-7(2,6(14)15)8(9,10)11/h4,12H,1-3H3,(H,14,15). The third-order valence-corrected chi connectivity index (χ3v) is 4.16. The van der Waals surface area contributed by atoms with Gasteiger partial charge in [0.05, 0.1) is 7.11 Å². The molecule has 0 saturated heterocycles. The molecule has 112 valence electrons. The Hall–Kier alpha value is -1.36. The summed E-state index contributed by atoms with van der Waals surface area (Å²) in [5.41, 5.74) is -3.74. The lowest BCUT2D eigenvalue weighted by Gasteiger charge is -2.29. The molecule has 0 aliphatic heterocycles. The quantitative estimate of drug-likeness (QED) is 0.685. The van der Waals surface area contributed by atoms with Crippen LogP contribution < -0.4 is 4.72 Å². The van der Waals surface area contributed by atoms with Crippen molar-refractivity contribution in [3.05, 3.63) is 0 Å². The number of carboxylic acid groups (broad SMARTS) is 1. The molecule has 0 aliphatic carbocycles. The van der Waals surface area contributed by atoms with Crippen LogP contribution in [0, 0.1) is 0 Å². The van der Waals surface area contributed by atoms with Crippen LogP contribution in [0.2, 0.25) is 0 Å². The Balaban J connectivity index is 5.52. The molecule has 19 heavy (non-hydrogen) atoms. The van der Waals surface area contributed by atoms with Crippen LogP contribution in [-0.2, 0) is 24.3 Å². The predicted octanol–water partition coefficient (Wildman–Crippen LogP) is -0.127. The molecule has 2 atom stereocenters. The first-order valence-electron chi connectivity index (χ1n) is 4.70. The topological polar surface area (TPSA) is 110 Å². The molecule has 11 heteroatoms. The van der Waals surface area contributed by atoms with Crippen LogP contribution >= 0.6 is 0 Å². The fourth-order valence-electron chi connectivity index (χ4n) is 0.888. The molecule has 0 radical (unpaired) electrons. The average Bonchev–Trinajstić information content (AvgIpc) is 2.24. The summed E-state index contributed by atoms with van der Waals surface area (Å²) in [4.78, 5) is 21.6. The zero-order valence-electron chi connectivity index (χ0n) is 10.1. The lowest BCUT2D eigenvalue weighted by atomic mass is 10.0. The Morgan fingerprint density at radius 1 is 1.32 bits per heavy atom. The van der Waals surface area contributed by atoms with Crippen LogP contribution in [0.25, 0.3) is 0 Å². The van der Waals surface area contributed by atoms with E-state index < -0.39 is 38.9 Å².